The summed E-state index contributed by atoms with van der Waals surface area (Å²) in [5.74, 6) is 1.14. The first kappa shape index (κ1) is 17.7. The van der Waals surface area contributed by atoms with Gasteiger partial charge in [0.15, 0.2) is 0 Å². The fourth-order valence-electron chi connectivity index (χ4n) is 4.01. The van der Waals surface area contributed by atoms with E-state index in [4.69, 9.17) is 9.47 Å². The van der Waals surface area contributed by atoms with Crippen molar-refractivity contribution in [2.75, 3.05) is 26.8 Å². The summed E-state index contributed by atoms with van der Waals surface area (Å²) in [6.07, 6.45) is 6.60. The van der Waals surface area contributed by atoms with Gasteiger partial charge in [-0.1, -0.05) is 12.5 Å². The summed E-state index contributed by atoms with van der Waals surface area (Å²) in [6, 6.07) is 6.32. The average molecular weight is 396 g/mol. The first-order valence-electron chi connectivity index (χ1n) is 8.89. The number of carbonyl (C=O) groups is 1. The summed E-state index contributed by atoms with van der Waals surface area (Å²) in [7, 11) is 1.63. The Labute approximate surface area is 152 Å². The summed E-state index contributed by atoms with van der Waals surface area (Å²) in [5, 5.41) is 0. The van der Waals surface area contributed by atoms with Crippen LogP contribution in [0.4, 0.5) is 0 Å². The number of benzene rings is 1. The molecular formula is C19H26BrNO3. The van der Waals surface area contributed by atoms with E-state index >= 15 is 0 Å². The van der Waals surface area contributed by atoms with Gasteiger partial charge in [-0.15, -0.1) is 0 Å². The molecular weight excluding hydrogens is 370 g/mol. The van der Waals surface area contributed by atoms with Gasteiger partial charge in [-0.25, -0.2) is 0 Å². The van der Waals surface area contributed by atoms with Crippen LogP contribution in [-0.4, -0.2) is 43.7 Å². The van der Waals surface area contributed by atoms with Gasteiger partial charge < -0.3 is 9.47 Å². The lowest BCUT2D eigenvalue weighted by Gasteiger charge is -2.44. The highest BCUT2D eigenvalue weighted by atomic mass is 79.9. The molecule has 132 valence electrons. The maximum absolute atomic E-state index is 12.2. The van der Waals surface area contributed by atoms with Crippen LogP contribution in [-0.2, 0) is 16.0 Å². The van der Waals surface area contributed by atoms with Crippen LogP contribution < -0.4 is 4.74 Å². The van der Waals surface area contributed by atoms with Crippen molar-refractivity contribution in [1.29, 1.82) is 0 Å². The average Bonchev–Trinajstić information content (AvgIpc) is 2.60. The Balaban J connectivity index is 1.51. The highest BCUT2D eigenvalue weighted by Crippen LogP contribution is 2.31. The number of carbonyl (C=O) groups excluding carboxylic acids is 1. The summed E-state index contributed by atoms with van der Waals surface area (Å²) >= 11 is 3.45. The molecule has 24 heavy (non-hydrogen) atoms. The molecule has 0 spiro atoms. The fraction of sp³-hybridized carbons (Fsp3) is 0.632. The highest BCUT2D eigenvalue weighted by Gasteiger charge is 2.33. The summed E-state index contributed by atoms with van der Waals surface area (Å²) in [6.45, 7) is 3.00. The van der Waals surface area contributed by atoms with Gasteiger partial charge in [-0.3, -0.25) is 9.69 Å². The van der Waals surface area contributed by atoms with Crippen molar-refractivity contribution in [2.45, 2.75) is 44.6 Å². The van der Waals surface area contributed by atoms with Crippen LogP contribution in [0.15, 0.2) is 22.7 Å². The van der Waals surface area contributed by atoms with E-state index in [2.05, 4.69) is 20.8 Å². The third-order valence-corrected chi connectivity index (χ3v) is 5.87. The van der Waals surface area contributed by atoms with E-state index in [1.807, 2.05) is 18.2 Å². The maximum Gasteiger partial charge on any atom is 0.310 e. The van der Waals surface area contributed by atoms with Crippen molar-refractivity contribution in [1.82, 2.24) is 4.90 Å². The Kier molecular flexibility index (Phi) is 6.17. The Morgan fingerprint density at radius 1 is 1.25 bits per heavy atom. The fourth-order valence-corrected chi connectivity index (χ4v) is 4.60. The summed E-state index contributed by atoms with van der Waals surface area (Å²) in [5.41, 5.74) is 0.940. The van der Waals surface area contributed by atoms with Crippen molar-refractivity contribution < 1.29 is 14.3 Å². The van der Waals surface area contributed by atoms with E-state index in [1.165, 1.54) is 45.2 Å². The molecule has 2 saturated heterocycles. The molecule has 0 aliphatic carbocycles. The SMILES string of the molecule is COc1ccc(CC(=O)OC[C@@H]2CCCN3CCCC[C@H]23)cc1Br. The molecule has 2 aliphatic rings. The van der Waals surface area contributed by atoms with Crippen molar-refractivity contribution >= 4 is 21.9 Å². The van der Waals surface area contributed by atoms with Gasteiger partial charge in [0, 0.05) is 12.0 Å². The molecule has 0 unspecified atom stereocenters. The molecule has 2 heterocycles. The number of rotatable bonds is 5. The number of methoxy groups -OCH3 is 1. The largest absolute Gasteiger partial charge is 0.496 e. The normalized spacial score (nSPS) is 24.2. The predicted molar refractivity (Wildman–Crippen MR) is 97.3 cm³/mol. The van der Waals surface area contributed by atoms with Gasteiger partial charge >= 0.3 is 5.97 Å². The van der Waals surface area contributed by atoms with Crippen molar-refractivity contribution in [3.8, 4) is 5.75 Å². The van der Waals surface area contributed by atoms with E-state index in [9.17, 15) is 4.79 Å². The van der Waals surface area contributed by atoms with Gasteiger partial charge in [0.25, 0.3) is 0 Å². The lowest BCUT2D eigenvalue weighted by Crippen LogP contribution is -2.49. The molecule has 2 atom stereocenters. The number of ether oxygens (including phenoxy) is 2. The molecule has 0 saturated carbocycles. The van der Waals surface area contributed by atoms with Crippen LogP contribution in [0.1, 0.15) is 37.7 Å². The third kappa shape index (κ3) is 4.31. The van der Waals surface area contributed by atoms with Gasteiger partial charge in [0.1, 0.15) is 5.75 Å². The zero-order valence-corrected chi connectivity index (χ0v) is 15.9. The zero-order chi connectivity index (χ0) is 16.9. The van der Waals surface area contributed by atoms with Crippen LogP contribution in [0, 0.1) is 5.92 Å². The second-order valence-corrected chi connectivity index (χ2v) is 7.68. The molecule has 5 heteroatoms. The monoisotopic (exact) mass is 395 g/mol. The van der Waals surface area contributed by atoms with E-state index < -0.39 is 0 Å². The minimum atomic E-state index is -0.139. The third-order valence-electron chi connectivity index (χ3n) is 5.25. The smallest absolute Gasteiger partial charge is 0.310 e. The van der Waals surface area contributed by atoms with Gasteiger partial charge in [-0.2, -0.15) is 0 Å². The van der Waals surface area contributed by atoms with E-state index in [0.717, 1.165) is 15.8 Å². The number of halogens is 1. The number of esters is 1. The lowest BCUT2D eigenvalue weighted by atomic mass is 9.84. The molecule has 4 nitrogen and oxygen atoms in total. The Hall–Kier alpha value is -1.07. The molecule has 0 radical (unpaired) electrons. The Morgan fingerprint density at radius 3 is 2.88 bits per heavy atom. The van der Waals surface area contributed by atoms with Gasteiger partial charge in [-0.05, 0) is 72.4 Å². The lowest BCUT2D eigenvalue weighted by molar-refractivity contribution is -0.145. The van der Waals surface area contributed by atoms with Gasteiger partial charge in [0.05, 0.1) is 24.6 Å². The molecule has 0 bridgehead atoms. The number of nitrogens with zero attached hydrogens (tertiary/aromatic N) is 1. The van der Waals surface area contributed by atoms with E-state index in [-0.39, 0.29) is 5.97 Å². The van der Waals surface area contributed by atoms with E-state index in [1.54, 1.807) is 7.11 Å². The topological polar surface area (TPSA) is 38.8 Å². The molecule has 0 N–H and O–H groups in total. The first-order valence-corrected chi connectivity index (χ1v) is 9.69. The number of fused-ring (bicyclic) bond motifs is 1. The molecule has 3 rings (SSSR count). The second-order valence-electron chi connectivity index (χ2n) is 6.83. The molecule has 0 amide bonds. The predicted octanol–water partition coefficient (Wildman–Crippen LogP) is 3.81. The molecule has 1 aromatic rings. The molecule has 2 aliphatic heterocycles. The first-order chi connectivity index (χ1) is 11.7. The van der Waals surface area contributed by atoms with Crippen LogP contribution in [0.2, 0.25) is 0 Å². The van der Waals surface area contributed by atoms with Crippen LogP contribution in [0.25, 0.3) is 0 Å². The van der Waals surface area contributed by atoms with Crippen molar-refractivity contribution in [2.24, 2.45) is 5.92 Å². The summed E-state index contributed by atoms with van der Waals surface area (Å²) in [4.78, 5) is 14.8. The summed E-state index contributed by atoms with van der Waals surface area (Å²) < 4.78 is 11.7. The Bertz CT molecular complexity index is 576. The van der Waals surface area contributed by atoms with Crippen LogP contribution in [0.5, 0.6) is 5.75 Å². The Morgan fingerprint density at radius 2 is 2.08 bits per heavy atom. The minimum Gasteiger partial charge on any atom is -0.496 e. The van der Waals surface area contributed by atoms with Crippen molar-refractivity contribution in [3.05, 3.63) is 28.2 Å². The molecule has 0 aromatic heterocycles. The quantitative estimate of drug-likeness (QED) is 0.710. The minimum absolute atomic E-state index is 0.139. The highest BCUT2D eigenvalue weighted by molar-refractivity contribution is 9.10. The van der Waals surface area contributed by atoms with Crippen molar-refractivity contribution in [3.63, 3.8) is 0 Å². The van der Waals surface area contributed by atoms with E-state index in [0.29, 0.717) is 25.0 Å². The number of hydrogen-bond acceptors (Lipinski definition) is 4. The zero-order valence-electron chi connectivity index (χ0n) is 14.3. The number of hydrogen-bond donors (Lipinski definition) is 0. The second kappa shape index (κ2) is 8.34. The van der Waals surface area contributed by atoms with Crippen LogP contribution in [0.3, 0.4) is 0 Å². The molecule has 2 fully saturated rings. The van der Waals surface area contributed by atoms with Crippen LogP contribution >= 0.6 is 15.9 Å². The number of piperidine rings is 2. The maximum atomic E-state index is 12.2. The van der Waals surface area contributed by atoms with Gasteiger partial charge in [0.2, 0.25) is 0 Å². The molecule has 1 aromatic carbocycles. The standard InChI is InChI=1S/C19H26BrNO3/c1-23-18-8-7-14(11-16(18)20)12-19(22)24-13-15-5-4-10-21-9-3-2-6-17(15)21/h7-8,11,15,17H,2-6,9-10,12-13H2,1H3/t15-,17+/m0/s1.